The third kappa shape index (κ3) is 0.626. The highest BCUT2D eigenvalue weighted by Crippen LogP contribution is 2.14. The summed E-state index contributed by atoms with van der Waals surface area (Å²) in [5, 5.41) is 4.90. The molecule has 1 heterocycles. The van der Waals surface area contributed by atoms with E-state index in [-0.39, 0.29) is 0 Å². The van der Waals surface area contributed by atoms with Gasteiger partial charge in [0.25, 0.3) is 0 Å². The second kappa shape index (κ2) is 1.35. The minimum Gasteiger partial charge on any atom is -0.365 e. The average Bonchev–Trinajstić information content (AvgIpc) is 1.86. The van der Waals surface area contributed by atoms with Crippen molar-refractivity contribution >= 4 is 6.34 Å². The molecule has 1 aliphatic heterocycles. The van der Waals surface area contributed by atoms with Crippen molar-refractivity contribution in [3.05, 3.63) is 0 Å². The Morgan fingerprint density at radius 2 is 2.38 bits per heavy atom. The molecular formula is C4H9N3O. The summed E-state index contributed by atoms with van der Waals surface area (Å²) in [5.41, 5.74) is -0.458. The molecule has 1 rings (SSSR count). The van der Waals surface area contributed by atoms with E-state index in [0.29, 0.717) is 0 Å². The summed E-state index contributed by atoms with van der Waals surface area (Å²) in [6.45, 7) is 3.67. The summed E-state index contributed by atoms with van der Waals surface area (Å²) >= 11 is 0. The highest BCUT2D eigenvalue weighted by molar-refractivity contribution is 5.55. The second-order valence-electron chi connectivity index (χ2n) is 2.17. The van der Waals surface area contributed by atoms with Crippen LogP contribution in [-0.4, -0.2) is 17.1 Å². The first kappa shape index (κ1) is 5.37. The predicted octanol–water partition coefficient (Wildman–Crippen LogP) is -0.128. The minimum atomic E-state index is -0.458. The van der Waals surface area contributed by atoms with Gasteiger partial charge in [0.05, 0.1) is 0 Å². The zero-order valence-corrected chi connectivity index (χ0v) is 4.96. The molecule has 4 heteroatoms. The highest BCUT2D eigenvalue weighted by Gasteiger charge is 2.28. The summed E-state index contributed by atoms with van der Waals surface area (Å²) in [7, 11) is 0. The Bertz CT molecular complexity index is 120. The normalized spacial score (nSPS) is 23.6. The molecule has 0 atom stereocenters. The lowest BCUT2D eigenvalue weighted by Crippen LogP contribution is -2.44. The van der Waals surface area contributed by atoms with Crippen molar-refractivity contribution in [1.29, 1.82) is 0 Å². The van der Waals surface area contributed by atoms with Gasteiger partial charge >= 0.3 is 0 Å². The van der Waals surface area contributed by atoms with Gasteiger partial charge in [0, 0.05) is 0 Å². The predicted molar refractivity (Wildman–Crippen MR) is 29.7 cm³/mol. The van der Waals surface area contributed by atoms with Crippen LogP contribution in [0.1, 0.15) is 13.8 Å². The van der Waals surface area contributed by atoms with Crippen molar-refractivity contribution < 1.29 is 4.84 Å². The lowest BCUT2D eigenvalue weighted by molar-refractivity contribution is -0.0686. The van der Waals surface area contributed by atoms with E-state index in [0.717, 1.165) is 0 Å². The van der Waals surface area contributed by atoms with Gasteiger partial charge in [0.2, 0.25) is 5.72 Å². The maximum atomic E-state index is 5.37. The molecule has 0 unspecified atom stereocenters. The third-order valence-corrected chi connectivity index (χ3v) is 1.07. The van der Waals surface area contributed by atoms with E-state index in [1.807, 2.05) is 13.8 Å². The Labute approximate surface area is 47.9 Å². The lowest BCUT2D eigenvalue weighted by atomic mass is 10.3. The Kier molecular flexibility index (Phi) is 0.907. The van der Waals surface area contributed by atoms with Gasteiger partial charge in [-0.25, -0.2) is 5.84 Å². The second-order valence-corrected chi connectivity index (χ2v) is 2.17. The maximum absolute atomic E-state index is 5.37. The largest absolute Gasteiger partial charge is 0.365 e. The minimum absolute atomic E-state index is 0.458. The zero-order valence-electron chi connectivity index (χ0n) is 4.96. The van der Waals surface area contributed by atoms with Crippen molar-refractivity contribution in [3.63, 3.8) is 0 Å². The first-order valence-electron chi connectivity index (χ1n) is 2.38. The SMILES string of the molecule is CC1(C)ON=CN1N. The molecule has 0 radical (unpaired) electrons. The molecule has 0 aromatic rings. The fourth-order valence-corrected chi connectivity index (χ4v) is 0.390. The summed E-state index contributed by atoms with van der Waals surface area (Å²) in [6.07, 6.45) is 1.44. The number of nitrogens with zero attached hydrogens (tertiary/aromatic N) is 2. The van der Waals surface area contributed by atoms with E-state index in [1.54, 1.807) is 0 Å². The Morgan fingerprint density at radius 3 is 2.50 bits per heavy atom. The Morgan fingerprint density at radius 1 is 1.75 bits per heavy atom. The Hall–Kier alpha value is -0.770. The Balaban J connectivity index is 2.64. The van der Waals surface area contributed by atoms with Gasteiger partial charge in [-0.3, -0.25) is 5.01 Å². The number of hydrogen-bond donors (Lipinski definition) is 1. The first-order valence-corrected chi connectivity index (χ1v) is 2.38. The van der Waals surface area contributed by atoms with Crippen LogP contribution in [0.4, 0.5) is 0 Å². The summed E-state index contributed by atoms with van der Waals surface area (Å²) in [4.78, 5) is 4.82. The van der Waals surface area contributed by atoms with Crippen LogP contribution in [0.15, 0.2) is 5.16 Å². The van der Waals surface area contributed by atoms with Gasteiger partial charge in [0.15, 0.2) is 0 Å². The quantitative estimate of drug-likeness (QED) is 0.447. The molecular weight excluding hydrogens is 106 g/mol. The summed E-state index contributed by atoms with van der Waals surface area (Å²) in [5.74, 6) is 5.37. The molecule has 0 amide bonds. The molecule has 2 N–H and O–H groups in total. The molecule has 0 aromatic heterocycles. The van der Waals surface area contributed by atoms with Crippen molar-refractivity contribution in [2.45, 2.75) is 19.6 Å². The van der Waals surface area contributed by atoms with Gasteiger partial charge in [-0.05, 0) is 13.8 Å². The third-order valence-electron chi connectivity index (χ3n) is 1.07. The highest BCUT2D eigenvalue weighted by atomic mass is 16.7. The van der Waals surface area contributed by atoms with Crippen LogP contribution in [0.3, 0.4) is 0 Å². The van der Waals surface area contributed by atoms with Crippen molar-refractivity contribution in [2.75, 3.05) is 0 Å². The fourth-order valence-electron chi connectivity index (χ4n) is 0.390. The van der Waals surface area contributed by atoms with E-state index in [9.17, 15) is 0 Å². The molecule has 1 aliphatic rings. The van der Waals surface area contributed by atoms with Gasteiger partial charge < -0.3 is 4.84 Å². The summed E-state index contributed by atoms with van der Waals surface area (Å²) in [6, 6.07) is 0. The monoisotopic (exact) mass is 115 g/mol. The average molecular weight is 115 g/mol. The van der Waals surface area contributed by atoms with Gasteiger partial charge in [-0.1, -0.05) is 5.16 Å². The van der Waals surface area contributed by atoms with Crippen LogP contribution in [0.5, 0.6) is 0 Å². The zero-order chi connectivity index (χ0) is 6.20. The molecule has 46 valence electrons. The van der Waals surface area contributed by atoms with E-state index in [2.05, 4.69) is 5.16 Å². The van der Waals surface area contributed by atoms with Gasteiger partial charge in [-0.15, -0.1) is 0 Å². The van der Waals surface area contributed by atoms with Crippen LogP contribution >= 0.6 is 0 Å². The van der Waals surface area contributed by atoms with E-state index < -0.39 is 5.72 Å². The molecule has 4 nitrogen and oxygen atoms in total. The van der Waals surface area contributed by atoms with Crippen LogP contribution < -0.4 is 5.84 Å². The van der Waals surface area contributed by atoms with Crippen molar-refractivity contribution in [1.82, 2.24) is 5.01 Å². The van der Waals surface area contributed by atoms with Crippen LogP contribution in [0.2, 0.25) is 0 Å². The fraction of sp³-hybridized carbons (Fsp3) is 0.750. The molecule has 0 fully saturated rings. The molecule has 0 saturated heterocycles. The smallest absolute Gasteiger partial charge is 0.218 e. The van der Waals surface area contributed by atoms with Gasteiger partial charge in [0.1, 0.15) is 6.34 Å². The van der Waals surface area contributed by atoms with Gasteiger partial charge in [-0.2, -0.15) is 0 Å². The molecule has 0 spiro atoms. The standard InChI is InChI=1S/C4H9N3O/c1-4(2)7(5)3-6-8-4/h3H,5H2,1-2H3. The molecule has 0 bridgehead atoms. The number of rotatable bonds is 0. The number of oxime groups is 1. The maximum Gasteiger partial charge on any atom is 0.218 e. The number of nitrogens with two attached hydrogens (primary N) is 1. The van der Waals surface area contributed by atoms with E-state index in [4.69, 9.17) is 10.7 Å². The van der Waals surface area contributed by atoms with E-state index >= 15 is 0 Å². The lowest BCUT2D eigenvalue weighted by Gasteiger charge is -2.22. The van der Waals surface area contributed by atoms with Crippen LogP contribution in [-0.2, 0) is 4.84 Å². The molecule has 0 aliphatic carbocycles. The molecule has 0 aromatic carbocycles. The van der Waals surface area contributed by atoms with Crippen molar-refractivity contribution in [3.8, 4) is 0 Å². The van der Waals surface area contributed by atoms with E-state index in [1.165, 1.54) is 11.3 Å². The topological polar surface area (TPSA) is 50.8 Å². The number of hydrazine groups is 1. The van der Waals surface area contributed by atoms with Crippen molar-refractivity contribution in [2.24, 2.45) is 11.0 Å². The van der Waals surface area contributed by atoms with Crippen LogP contribution in [0, 0.1) is 0 Å². The summed E-state index contributed by atoms with van der Waals surface area (Å²) < 4.78 is 0. The molecule has 8 heavy (non-hydrogen) atoms. The number of hydrogen-bond acceptors (Lipinski definition) is 4. The molecule has 0 saturated carbocycles. The van der Waals surface area contributed by atoms with Crippen LogP contribution in [0.25, 0.3) is 0 Å². The first-order chi connectivity index (χ1) is 3.63.